The van der Waals surface area contributed by atoms with Crippen molar-refractivity contribution in [2.45, 2.75) is 32.1 Å². The Morgan fingerprint density at radius 1 is 1.24 bits per heavy atom. The second-order valence-corrected chi connectivity index (χ2v) is 6.42. The SMILES string of the molecule is O=C(Nc1ccc(F)c(Cl)c1)C1C[C@H]2CCC[C@H](C1)C2=O. The number of Topliss-reactive ketones (excluding diaryl/α,β-unsaturated/α-hetero) is 1. The van der Waals surface area contributed by atoms with Gasteiger partial charge in [-0.05, 0) is 43.9 Å². The van der Waals surface area contributed by atoms with Crippen LogP contribution in [-0.4, -0.2) is 11.7 Å². The molecule has 1 N–H and O–H groups in total. The number of benzene rings is 1. The highest BCUT2D eigenvalue weighted by molar-refractivity contribution is 6.31. The number of amides is 1. The molecule has 0 radical (unpaired) electrons. The van der Waals surface area contributed by atoms with E-state index in [1.54, 1.807) is 0 Å². The van der Waals surface area contributed by atoms with Gasteiger partial charge in [0.05, 0.1) is 5.02 Å². The van der Waals surface area contributed by atoms with E-state index in [0.717, 1.165) is 19.3 Å². The van der Waals surface area contributed by atoms with Crippen molar-refractivity contribution < 1.29 is 14.0 Å². The summed E-state index contributed by atoms with van der Waals surface area (Å²) in [7, 11) is 0. The molecule has 1 aromatic rings. The molecule has 3 nitrogen and oxygen atoms in total. The largest absolute Gasteiger partial charge is 0.326 e. The van der Waals surface area contributed by atoms with E-state index in [1.807, 2.05) is 0 Å². The topological polar surface area (TPSA) is 46.2 Å². The van der Waals surface area contributed by atoms with Crippen molar-refractivity contribution in [1.29, 1.82) is 0 Å². The Balaban J connectivity index is 1.68. The molecule has 3 rings (SSSR count). The number of nitrogens with one attached hydrogen (secondary N) is 1. The molecule has 2 aliphatic carbocycles. The van der Waals surface area contributed by atoms with Crippen LogP contribution in [0.2, 0.25) is 5.02 Å². The van der Waals surface area contributed by atoms with Crippen LogP contribution in [0.25, 0.3) is 0 Å². The van der Waals surface area contributed by atoms with Gasteiger partial charge < -0.3 is 5.32 Å². The summed E-state index contributed by atoms with van der Waals surface area (Å²) in [6, 6.07) is 4.13. The quantitative estimate of drug-likeness (QED) is 0.903. The number of halogens is 2. The number of carbonyl (C=O) groups is 2. The first-order valence-electron chi connectivity index (χ1n) is 7.34. The second-order valence-electron chi connectivity index (χ2n) is 6.01. The molecular weight excluding hydrogens is 293 g/mol. The molecule has 1 amide bonds. The van der Waals surface area contributed by atoms with Gasteiger partial charge in [0.1, 0.15) is 11.6 Å². The van der Waals surface area contributed by atoms with Gasteiger partial charge in [0.25, 0.3) is 0 Å². The molecule has 21 heavy (non-hydrogen) atoms. The fraction of sp³-hybridized carbons (Fsp3) is 0.500. The molecule has 0 aromatic heterocycles. The van der Waals surface area contributed by atoms with Crippen LogP contribution in [0.5, 0.6) is 0 Å². The number of ketones is 1. The third-order valence-electron chi connectivity index (χ3n) is 4.61. The predicted molar refractivity (Wildman–Crippen MR) is 78.6 cm³/mol. The lowest BCUT2D eigenvalue weighted by Gasteiger charge is -2.36. The van der Waals surface area contributed by atoms with Gasteiger partial charge >= 0.3 is 0 Å². The zero-order valence-electron chi connectivity index (χ0n) is 11.6. The molecule has 2 aliphatic rings. The van der Waals surface area contributed by atoms with Gasteiger partial charge in [-0.15, -0.1) is 0 Å². The van der Waals surface area contributed by atoms with E-state index in [9.17, 15) is 14.0 Å². The Kier molecular flexibility index (Phi) is 3.98. The molecule has 2 saturated carbocycles. The maximum atomic E-state index is 13.1. The molecular formula is C16H17ClFNO2. The Morgan fingerprint density at radius 3 is 2.52 bits per heavy atom. The Morgan fingerprint density at radius 2 is 1.90 bits per heavy atom. The summed E-state index contributed by atoms with van der Waals surface area (Å²) < 4.78 is 13.1. The number of hydrogen-bond donors (Lipinski definition) is 1. The van der Waals surface area contributed by atoms with Crippen molar-refractivity contribution in [3.8, 4) is 0 Å². The smallest absolute Gasteiger partial charge is 0.227 e. The zero-order chi connectivity index (χ0) is 15.0. The Hall–Kier alpha value is -1.42. The lowest BCUT2D eigenvalue weighted by molar-refractivity contribution is -0.136. The van der Waals surface area contributed by atoms with Crippen LogP contribution >= 0.6 is 11.6 Å². The molecule has 2 fully saturated rings. The normalized spacial score (nSPS) is 28.3. The number of anilines is 1. The van der Waals surface area contributed by atoms with Crippen LogP contribution < -0.4 is 5.32 Å². The first-order valence-corrected chi connectivity index (χ1v) is 7.72. The van der Waals surface area contributed by atoms with Crippen LogP contribution in [0, 0.1) is 23.6 Å². The molecule has 5 heteroatoms. The summed E-state index contributed by atoms with van der Waals surface area (Å²) in [5.74, 6) is -0.304. The summed E-state index contributed by atoms with van der Waals surface area (Å²) >= 11 is 5.71. The minimum atomic E-state index is -0.507. The molecule has 0 spiro atoms. The molecule has 112 valence electrons. The number of fused-ring (bicyclic) bond motifs is 2. The fourth-order valence-electron chi connectivity index (χ4n) is 3.51. The van der Waals surface area contributed by atoms with E-state index in [4.69, 9.17) is 11.6 Å². The van der Waals surface area contributed by atoms with Crippen LogP contribution in [0.3, 0.4) is 0 Å². The zero-order valence-corrected chi connectivity index (χ0v) is 12.3. The van der Waals surface area contributed by atoms with E-state index >= 15 is 0 Å². The number of hydrogen-bond acceptors (Lipinski definition) is 2. The summed E-state index contributed by atoms with van der Waals surface area (Å²) in [5, 5.41) is 2.77. The van der Waals surface area contributed by atoms with Crippen molar-refractivity contribution in [3.63, 3.8) is 0 Å². The maximum Gasteiger partial charge on any atom is 0.227 e. The molecule has 2 atom stereocenters. The van der Waals surface area contributed by atoms with Crippen molar-refractivity contribution in [2.75, 3.05) is 5.32 Å². The van der Waals surface area contributed by atoms with Crippen molar-refractivity contribution >= 4 is 29.0 Å². The number of rotatable bonds is 2. The minimum absolute atomic E-state index is 0.0107. The average Bonchev–Trinajstić information content (AvgIpc) is 2.42. The number of carbonyl (C=O) groups excluding carboxylic acids is 2. The van der Waals surface area contributed by atoms with Gasteiger partial charge in [-0.1, -0.05) is 18.0 Å². The van der Waals surface area contributed by atoms with E-state index in [-0.39, 0.29) is 28.7 Å². The molecule has 2 bridgehead atoms. The van der Waals surface area contributed by atoms with Gasteiger partial charge in [0.15, 0.2) is 0 Å². The predicted octanol–water partition coefficient (Wildman–Crippen LogP) is 3.81. The van der Waals surface area contributed by atoms with Crippen LogP contribution in [0.15, 0.2) is 18.2 Å². The average molecular weight is 310 g/mol. The molecule has 1 aromatic carbocycles. The third-order valence-corrected chi connectivity index (χ3v) is 4.90. The molecule has 0 unspecified atom stereocenters. The molecule has 0 saturated heterocycles. The molecule has 0 heterocycles. The van der Waals surface area contributed by atoms with Gasteiger partial charge in [-0.2, -0.15) is 0 Å². The minimum Gasteiger partial charge on any atom is -0.326 e. The van der Waals surface area contributed by atoms with Crippen molar-refractivity contribution in [2.24, 2.45) is 17.8 Å². The highest BCUT2D eigenvalue weighted by Gasteiger charge is 2.41. The van der Waals surface area contributed by atoms with E-state index in [2.05, 4.69) is 5.32 Å². The maximum absolute atomic E-state index is 13.1. The van der Waals surface area contributed by atoms with E-state index in [1.165, 1.54) is 18.2 Å². The highest BCUT2D eigenvalue weighted by atomic mass is 35.5. The van der Waals surface area contributed by atoms with Crippen LogP contribution in [-0.2, 0) is 9.59 Å². The summed E-state index contributed by atoms with van der Waals surface area (Å²) in [4.78, 5) is 24.4. The second kappa shape index (κ2) is 5.76. The Bertz CT molecular complexity index is 574. The van der Waals surface area contributed by atoms with Crippen molar-refractivity contribution in [1.82, 2.24) is 0 Å². The molecule has 0 aliphatic heterocycles. The van der Waals surface area contributed by atoms with Crippen LogP contribution in [0.4, 0.5) is 10.1 Å². The third kappa shape index (κ3) is 2.95. The van der Waals surface area contributed by atoms with Gasteiger partial charge in [0, 0.05) is 23.4 Å². The van der Waals surface area contributed by atoms with E-state index < -0.39 is 5.82 Å². The van der Waals surface area contributed by atoms with Gasteiger partial charge in [-0.3, -0.25) is 9.59 Å². The van der Waals surface area contributed by atoms with Crippen molar-refractivity contribution in [3.05, 3.63) is 29.0 Å². The fourth-order valence-corrected chi connectivity index (χ4v) is 3.69. The summed E-state index contributed by atoms with van der Waals surface area (Å²) in [5.41, 5.74) is 0.494. The lowest BCUT2D eigenvalue weighted by atomic mass is 9.67. The summed E-state index contributed by atoms with van der Waals surface area (Å²) in [6.07, 6.45) is 4.16. The highest BCUT2D eigenvalue weighted by Crippen LogP contribution is 2.40. The standard InChI is InChI=1S/C16H17ClFNO2/c17-13-8-12(4-5-14(13)18)19-16(21)11-6-9-2-1-3-10(7-11)15(9)20/h4-5,8-11H,1-3,6-7H2,(H,19,21)/t9-,10-/m1/s1. The monoisotopic (exact) mass is 309 g/mol. The summed E-state index contributed by atoms with van der Waals surface area (Å²) in [6.45, 7) is 0. The first kappa shape index (κ1) is 14.5. The first-order chi connectivity index (χ1) is 10.0. The van der Waals surface area contributed by atoms with Crippen LogP contribution in [0.1, 0.15) is 32.1 Å². The van der Waals surface area contributed by atoms with E-state index in [0.29, 0.717) is 24.3 Å². The van der Waals surface area contributed by atoms with Gasteiger partial charge in [-0.25, -0.2) is 4.39 Å². The lowest BCUT2D eigenvalue weighted by Crippen LogP contribution is -2.40. The Labute approximate surface area is 127 Å². The van der Waals surface area contributed by atoms with Gasteiger partial charge in [0.2, 0.25) is 5.91 Å².